The van der Waals surface area contributed by atoms with Crippen molar-refractivity contribution in [1.29, 1.82) is 0 Å². The number of hydrogen-bond donors (Lipinski definition) is 4. The summed E-state index contributed by atoms with van der Waals surface area (Å²) in [7, 11) is 1.98. The highest BCUT2D eigenvalue weighted by atomic mass is 16.2. The number of aryl methyl sites for hydroxylation is 2. The molecule has 0 fully saturated rings. The molecule has 4 amide bonds. The summed E-state index contributed by atoms with van der Waals surface area (Å²) in [6, 6.07) is 11.4. The van der Waals surface area contributed by atoms with E-state index in [9.17, 15) is 19.2 Å². The van der Waals surface area contributed by atoms with Crippen LogP contribution >= 0.6 is 0 Å². The van der Waals surface area contributed by atoms with Crippen molar-refractivity contribution in [2.24, 2.45) is 22.5 Å². The van der Waals surface area contributed by atoms with Gasteiger partial charge in [0.05, 0.1) is 27.8 Å². The smallest absolute Gasteiger partial charge is 0.276 e. The Morgan fingerprint density at radius 2 is 1.40 bits per heavy atom. The maximum atomic E-state index is 14.2. The normalized spacial score (nSPS) is 19.3. The van der Waals surface area contributed by atoms with Gasteiger partial charge in [-0.2, -0.15) is 10.2 Å². The number of amides is 4. The number of anilines is 2. The van der Waals surface area contributed by atoms with E-state index >= 15 is 0 Å². The molecule has 288 valence electrons. The van der Waals surface area contributed by atoms with E-state index in [2.05, 4.69) is 20.6 Å². The van der Waals surface area contributed by atoms with Crippen molar-refractivity contribution in [2.75, 3.05) is 37.3 Å². The Morgan fingerprint density at radius 3 is 1.98 bits per heavy atom. The van der Waals surface area contributed by atoms with Crippen molar-refractivity contribution < 1.29 is 19.2 Å². The van der Waals surface area contributed by atoms with E-state index in [4.69, 9.17) is 26.5 Å². The van der Waals surface area contributed by atoms with Gasteiger partial charge in [0.15, 0.2) is 0 Å². The molecule has 55 heavy (non-hydrogen) atoms. The highest BCUT2D eigenvalue weighted by Gasteiger charge is 2.40. The molecule has 0 radical (unpaired) electrons. The number of hydrogen-bond acceptors (Lipinski definition) is 10. The third kappa shape index (κ3) is 7.51. The van der Waals surface area contributed by atoms with E-state index in [1.807, 2.05) is 42.0 Å². The molecule has 7 rings (SSSR count). The number of primary amides is 2. The number of hydrazone groups is 1. The van der Waals surface area contributed by atoms with E-state index < -0.39 is 17.9 Å². The van der Waals surface area contributed by atoms with Crippen LogP contribution in [0.15, 0.2) is 47.6 Å². The largest absolute Gasteiger partial charge is 0.366 e. The van der Waals surface area contributed by atoms with Crippen LogP contribution in [0.5, 0.6) is 0 Å². The monoisotopic (exact) mass is 749 g/mol. The van der Waals surface area contributed by atoms with Crippen LogP contribution in [0.4, 0.5) is 11.9 Å². The lowest BCUT2D eigenvalue weighted by molar-refractivity contribution is -0.121. The molecule has 17 heteroatoms. The fourth-order valence-electron chi connectivity index (χ4n) is 7.64. The first-order valence-corrected chi connectivity index (χ1v) is 18.7. The average Bonchev–Trinajstić information content (AvgIpc) is 3.89. The van der Waals surface area contributed by atoms with Crippen molar-refractivity contribution in [1.82, 2.24) is 38.8 Å². The molecule has 2 unspecified atom stereocenters. The summed E-state index contributed by atoms with van der Waals surface area (Å²) in [5.74, 6) is -1.05. The lowest BCUT2D eigenvalue weighted by Gasteiger charge is -2.26. The van der Waals surface area contributed by atoms with E-state index in [0.717, 1.165) is 48.1 Å². The third-order valence-corrected chi connectivity index (χ3v) is 10.6. The van der Waals surface area contributed by atoms with E-state index in [1.165, 1.54) is 0 Å². The minimum atomic E-state index is -0.570. The zero-order chi connectivity index (χ0) is 39.0. The van der Waals surface area contributed by atoms with Crippen molar-refractivity contribution in [3.8, 4) is 0 Å². The molecule has 5 aromatic rings. The number of nitrogens with two attached hydrogens (primary N) is 2. The molecule has 0 aliphatic carbocycles. The van der Waals surface area contributed by atoms with Gasteiger partial charge in [-0.1, -0.05) is 12.8 Å². The first kappa shape index (κ1) is 37.2. The minimum Gasteiger partial charge on any atom is -0.366 e. The van der Waals surface area contributed by atoms with Crippen LogP contribution in [-0.2, 0) is 24.4 Å². The Hall–Kier alpha value is -6.10. The SMILES string of the molecule is CCN1N=C(C)C2CCCCCn3nc(C)cc3C(=O)Nc3nc4cc(C(N)=O)ccc4n3CCN(C)CCn3c(nc4cc(C(N)=O)ccc43)NC(=O)C21. The van der Waals surface area contributed by atoms with Crippen molar-refractivity contribution in [2.45, 2.75) is 72.1 Å². The topological polar surface area (TPSA) is 217 Å². The first-order chi connectivity index (χ1) is 26.4. The van der Waals surface area contributed by atoms with Gasteiger partial charge in [-0.05, 0) is 83.1 Å². The van der Waals surface area contributed by atoms with Crippen LogP contribution in [0.2, 0.25) is 0 Å². The molecule has 2 aromatic carbocycles. The van der Waals surface area contributed by atoms with Gasteiger partial charge in [-0.25, -0.2) is 9.97 Å². The zero-order valence-electron chi connectivity index (χ0n) is 31.6. The van der Waals surface area contributed by atoms with Gasteiger partial charge >= 0.3 is 0 Å². The molecule has 2 atom stereocenters. The number of benzene rings is 2. The summed E-state index contributed by atoms with van der Waals surface area (Å²) in [6.07, 6.45) is 3.23. The van der Waals surface area contributed by atoms with Crippen LogP contribution in [0, 0.1) is 12.8 Å². The molecule has 3 aromatic heterocycles. The summed E-state index contributed by atoms with van der Waals surface area (Å²) in [6.45, 7) is 8.93. The van der Waals surface area contributed by atoms with Gasteiger partial charge in [0.1, 0.15) is 11.7 Å². The van der Waals surface area contributed by atoms with Gasteiger partial charge in [-0.3, -0.25) is 39.5 Å². The lowest BCUT2D eigenvalue weighted by atomic mass is 9.90. The molecule has 0 saturated carbocycles. The molecule has 0 spiro atoms. The fraction of sp³-hybridized carbons (Fsp3) is 0.421. The number of nitrogens with one attached hydrogen (secondary N) is 2. The number of rotatable bonds is 3. The number of carbonyl (C=O) groups excluding carboxylic acids is 4. The summed E-state index contributed by atoms with van der Waals surface area (Å²) in [5.41, 5.74) is 16.4. The summed E-state index contributed by atoms with van der Waals surface area (Å²) < 4.78 is 5.60. The van der Waals surface area contributed by atoms with Crippen LogP contribution in [-0.4, -0.2) is 101 Å². The number of nitrogens with zero attached hydrogens (tertiary/aromatic N) is 9. The minimum absolute atomic E-state index is 0.0881. The molecule has 0 saturated heterocycles. The van der Waals surface area contributed by atoms with E-state index in [0.29, 0.717) is 79.0 Å². The highest BCUT2D eigenvalue weighted by molar-refractivity contribution is 6.04. The second-order valence-corrected chi connectivity index (χ2v) is 14.3. The predicted octanol–water partition coefficient (Wildman–Crippen LogP) is 3.18. The first-order valence-electron chi connectivity index (χ1n) is 18.7. The van der Waals surface area contributed by atoms with Crippen LogP contribution in [0.3, 0.4) is 0 Å². The average molecular weight is 750 g/mol. The van der Waals surface area contributed by atoms with E-state index in [-0.39, 0.29) is 17.7 Å². The maximum absolute atomic E-state index is 14.2. The summed E-state index contributed by atoms with van der Waals surface area (Å²) >= 11 is 0. The number of imidazole rings is 2. The molecule has 2 aliphatic rings. The Balaban J connectivity index is 1.24. The number of carbonyl (C=O) groups is 4. The second-order valence-electron chi connectivity index (χ2n) is 14.3. The maximum Gasteiger partial charge on any atom is 0.276 e. The number of aromatic nitrogens is 6. The summed E-state index contributed by atoms with van der Waals surface area (Å²) in [5, 5.41) is 17.4. The molecule has 5 heterocycles. The molecule has 17 nitrogen and oxygen atoms in total. The van der Waals surface area contributed by atoms with E-state index in [1.54, 1.807) is 47.1 Å². The van der Waals surface area contributed by atoms with Crippen molar-refractivity contribution in [3.63, 3.8) is 0 Å². The summed E-state index contributed by atoms with van der Waals surface area (Å²) in [4.78, 5) is 63.8. The second kappa shape index (κ2) is 15.3. The van der Waals surface area contributed by atoms with Gasteiger partial charge < -0.3 is 25.5 Å². The Labute approximate surface area is 317 Å². The molecule has 6 N–H and O–H groups in total. The third-order valence-electron chi connectivity index (χ3n) is 10.6. The Kier molecular flexibility index (Phi) is 10.4. The van der Waals surface area contributed by atoms with Crippen molar-refractivity contribution in [3.05, 3.63) is 65.0 Å². The fourth-order valence-corrected chi connectivity index (χ4v) is 7.64. The van der Waals surface area contributed by atoms with Gasteiger partial charge in [0.25, 0.3) is 11.8 Å². The van der Waals surface area contributed by atoms with Crippen LogP contribution in [0.1, 0.15) is 76.4 Å². The van der Waals surface area contributed by atoms with Crippen LogP contribution in [0.25, 0.3) is 22.1 Å². The molecular formula is C38H47N13O4. The molecule has 2 aliphatic heterocycles. The standard InChI is InChI=1S/C38H47N13O4/c1-5-50-32-26(23(3)46-50)9-7-6-8-14-51-31(19-22(2)45-51)35(54)43-37-41-27-20-24(33(39)52)10-12-29(27)48(37)17-15-47(4)16-18-49-30-13-11-25(34(40)53)21-28(30)42-38(49)44-36(32)55/h10-13,19-21,26,32H,5-9,14-18H2,1-4H3,(H2,39,52)(H2,40,53)(H,41,43,54)(H,42,44,55). The predicted molar refractivity (Wildman–Crippen MR) is 209 cm³/mol. The quantitative estimate of drug-likeness (QED) is 0.213. The zero-order valence-corrected chi connectivity index (χ0v) is 31.6. The molecular weight excluding hydrogens is 703 g/mol. The Bertz CT molecular complexity index is 2340. The Morgan fingerprint density at radius 1 is 0.800 bits per heavy atom. The van der Waals surface area contributed by atoms with Gasteiger partial charge in [0.2, 0.25) is 23.7 Å². The van der Waals surface area contributed by atoms with Gasteiger partial charge in [0, 0.05) is 62.0 Å². The van der Waals surface area contributed by atoms with Gasteiger partial charge in [-0.15, -0.1) is 0 Å². The number of fused-ring (bicyclic) bond motifs is 8. The molecule has 0 bridgehead atoms. The number of likely N-dealkylation sites (N-methyl/N-ethyl adjacent to an activating group) is 2. The highest BCUT2D eigenvalue weighted by Crippen LogP contribution is 2.30. The lowest BCUT2D eigenvalue weighted by Crippen LogP contribution is -2.44. The van der Waals surface area contributed by atoms with Crippen molar-refractivity contribution >= 4 is 63.3 Å². The van der Waals surface area contributed by atoms with Crippen LogP contribution < -0.4 is 22.1 Å².